The first kappa shape index (κ1) is 16.0. The zero-order chi connectivity index (χ0) is 15.7. The van der Waals surface area contributed by atoms with Gasteiger partial charge >= 0.3 is 0 Å². The van der Waals surface area contributed by atoms with E-state index >= 15 is 0 Å². The van der Waals surface area contributed by atoms with Crippen LogP contribution in [0.5, 0.6) is 0 Å². The van der Waals surface area contributed by atoms with Crippen LogP contribution in [0.15, 0.2) is 11.4 Å². The Morgan fingerprint density at radius 1 is 1.50 bits per heavy atom. The van der Waals surface area contributed by atoms with Gasteiger partial charge in [-0.2, -0.15) is 0 Å². The first-order valence-corrected chi connectivity index (χ1v) is 10.5. The van der Waals surface area contributed by atoms with Crippen molar-refractivity contribution in [3.63, 3.8) is 0 Å². The SMILES string of the molecule is CC[C@@H]1c2ccsc2CCN1CC(=O)N[C@@H]1CCS(=O)(=O)C1. The van der Waals surface area contributed by atoms with Crippen LogP contribution >= 0.6 is 11.3 Å². The van der Waals surface area contributed by atoms with Gasteiger partial charge in [-0.05, 0) is 36.3 Å². The predicted octanol–water partition coefficient (Wildman–Crippen LogP) is 1.36. The van der Waals surface area contributed by atoms with Gasteiger partial charge in [0, 0.05) is 23.5 Å². The molecule has 0 spiro atoms. The predicted molar refractivity (Wildman–Crippen MR) is 87.8 cm³/mol. The van der Waals surface area contributed by atoms with Gasteiger partial charge in [0.1, 0.15) is 0 Å². The normalized spacial score (nSPS) is 27.5. The molecular weight excluding hydrogens is 320 g/mol. The van der Waals surface area contributed by atoms with E-state index < -0.39 is 9.84 Å². The second-order valence-electron chi connectivity index (χ2n) is 6.11. The van der Waals surface area contributed by atoms with Crippen LogP contribution in [-0.4, -0.2) is 49.9 Å². The van der Waals surface area contributed by atoms with Crippen LogP contribution in [0.4, 0.5) is 0 Å². The number of rotatable bonds is 4. The van der Waals surface area contributed by atoms with E-state index in [-0.39, 0.29) is 23.5 Å². The van der Waals surface area contributed by atoms with Gasteiger partial charge < -0.3 is 5.32 Å². The highest BCUT2D eigenvalue weighted by Crippen LogP contribution is 2.34. The number of sulfone groups is 1. The lowest BCUT2D eigenvalue weighted by Gasteiger charge is -2.35. The standard InChI is InChI=1S/C15H22N2O3S2/c1-2-13-12-4-7-21-14(12)3-6-17(13)9-15(18)16-11-5-8-22(19,20)10-11/h4,7,11,13H,2-3,5-6,8-10H2,1H3,(H,16,18)/t11-,13-/m1/s1. The number of thiophene rings is 1. The molecule has 3 rings (SSSR count). The summed E-state index contributed by atoms with van der Waals surface area (Å²) in [6, 6.07) is 2.26. The molecule has 122 valence electrons. The van der Waals surface area contributed by atoms with E-state index in [1.165, 1.54) is 10.4 Å². The molecule has 2 aliphatic rings. The van der Waals surface area contributed by atoms with Gasteiger partial charge in [-0.15, -0.1) is 11.3 Å². The van der Waals surface area contributed by atoms with Crippen molar-refractivity contribution in [2.24, 2.45) is 0 Å². The Bertz CT molecular complexity index is 653. The molecule has 0 bridgehead atoms. The monoisotopic (exact) mass is 342 g/mol. The Kier molecular flexibility index (Phi) is 4.56. The summed E-state index contributed by atoms with van der Waals surface area (Å²) in [7, 11) is -2.95. The van der Waals surface area contributed by atoms with E-state index in [1.807, 2.05) is 0 Å². The molecule has 0 radical (unpaired) electrons. The van der Waals surface area contributed by atoms with E-state index in [0.29, 0.717) is 19.0 Å². The summed E-state index contributed by atoms with van der Waals surface area (Å²) >= 11 is 1.80. The van der Waals surface area contributed by atoms with E-state index in [4.69, 9.17) is 0 Å². The molecule has 2 atom stereocenters. The number of amides is 1. The van der Waals surface area contributed by atoms with Crippen molar-refractivity contribution in [1.82, 2.24) is 10.2 Å². The van der Waals surface area contributed by atoms with E-state index in [1.54, 1.807) is 11.3 Å². The molecular formula is C15H22N2O3S2. The Morgan fingerprint density at radius 3 is 3.00 bits per heavy atom. The smallest absolute Gasteiger partial charge is 0.234 e. The maximum absolute atomic E-state index is 12.2. The van der Waals surface area contributed by atoms with Crippen LogP contribution in [0.1, 0.15) is 36.2 Å². The van der Waals surface area contributed by atoms with Gasteiger partial charge in [-0.1, -0.05) is 6.92 Å². The lowest BCUT2D eigenvalue weighted by molar-refractivity contribution is -0.123. The summed E-state index contributed by atoms with van der Waals surface area (Å²) in [5.74, 6) is 0.224. The van der Waals surface area contributed by atoms with E-state index in [0.717, 1.165) is 19.4 Å². The molecule has 22 heavy (non-hydrogen) atoms. The van der Waals surface area contributed by atoms with E-state index in [9.17, 15) is 13.2 Å². The first-order chi connectivity index (χ1) is 10.5. The molecule has 1 amide bonds. The van der Waals surface area contributed by atoms with E-state index in [2.05, 4.69) is 28.6 Å². The molecule has 1 saturated heterocycles. The minimum Gasteiger partial charge on any atom is -0.351 e. The first-order valence-electron chi connectivity index (χ1n) is 7.78. The van der Waals surface area contributed by atoms with Gasteiger partial charge in [0.15, 0.2) is 9.84 Å². The number of nitrogens with zero attached hydrogens (tertiary/aromatic N) is 1. The number of hydrogen-bond acceptors (Lipinski definition) is 5. The lowest BCUT2D eigenvalue weighted by atomic mass is 9.98. The van der Waals surface area contributed by atoms with Crippen LogP contribution in [0, 0.1) is 0 Å². The van der Waals surface area contributed by atoms with Crippen LogP contribution in [0.25, 0.3) is 0 Å². The van der Waals surface area contributed by atoms with Crippen molar-refractivity contribution in [2.75, 3.05) is 24.6 Å². The Morgan fingerprint density at radius 2 is 2.32 bits per heavy atom. The molecule has 0 aliphatic carbocycles. The fraction of sp³-hybridized carbons (Fsp3) is 0.667. The Balaban J connectivity index is 1.60. The maximum Gasteiger partial charge on any atom is 0.234 e. The van der Waals surface area contributed by atoms with Gasteiger partial charge in [0.05, 0.1) is 18.1 Å². The maximum atomic E-state index is 12.2. The number of fused-ring (bicyclic) bond motifs is 1. The fourth-order valence-electron chi connectivity index (χ4n) is 3.48. The molecule has 5 nitrogen and oxygen atoms in total. The molecule has 7 heteroatoms. The minimum absolute atomic E-state index is 0.0563. The lowest BCUT2D eigenvalue weighted by Crippen LogP contribution is -2.45. The Labute approximate surface area is 135 Å². The number of nitrogens with one attached hydrogen (secondary N) is 1. The average molecular weight is 342 g/mol. The van der Waals surface area contributed by atoms with Gasteiger partial charge in [0.25, 0.3) is 0 Å². The zero-order valence-corrected chi connectivity index (χ0v) is 14.4. The van der Waals surface area contributed by atoms with Crippen molar-refractivity contribution < 1.29 is 13.2 Å². The molecule has 2 aliphatic heterocycles. The summed E-state index contributed by atoms with van der Waals surface area (Å²) in [6.45, 7) is 3.39. The van der Waals surface area contributed by atoms with Crippen LogP contribution in [0.2, 0.25) is 0 Å². The van der Waals surface area contributed by atoms with Gasteiger partial charge in [-0.25, -0.2) is 8.42 Å². The van der Waals surface area contributed by atoms with Crippen molar-refractivity contribution in [1.29, 1.82) is 0 Å². The third kappa shape index (κ3) is 3.36. The summed E-state index contributed by atoms with van der Waals surface area (Å²) in [5, 5.41) is 5.01. The minimum atomic E-state index is -2.95. The molecule has 1 fully saturated rings. The highest BCUT2D eigenvalue weighted by Gasteiger charge is 2.31. The number of carbonyl (C=O) groups excluding carboxylic acids is 1. The number of hydrogen-bond donors (Lipinski definition) is 1. The summed E-state index contributed by atoms with van der Waals surface area (Å²) in [6.07, 6.45) is 2.52. The summed E-state index contributed by atoms with van der Waals surface area (Å²) < 4.78 is 22.9. The molecule has 0 saturated carbocycles. The second kappa shape index (κ2) is 6.29. The van der Waals surface area contributed by atoms with Crippen molar-refractivity contribution >= 4 is 27.1 Å². The number of carbonyl (C=O) groups is 1. The van der Waals surface area contributed by atoms with Crippen molar-refractivity contribution in [2.45, 2.75) is 38.3 Å². The molecule has 1 N–H and O–H groups in total. The van der Waals surface area contributed by atoms with Crippen LogP contribution in [0.3, 0.4) is 0 Å². The molecule has 3 heterocycles. The summed E-state index contributed by atoms with van der Waals surface area (Å²) in [5.41, 5.74) is 1.36. The molecule has 1 aromatic heterocycles. The van der Waals surface area contributed by atoms with Crippen molar-refractivity contribution in [3.05, 3.63) is 21.9 Å². The van der Waals surface area contributed by atoms with Crippen LogP contribution in [-0.2, 0) is 21.1 Å². The molecule has 0 unspecified atom stereocenters. The quantitative estimate of drug-likeness (QED) is 0.897. The largest absolute Gasteiger partial charge is 0.351 e. The van der Waals surface area contributed by atoms with Crippen LogP contribution < -0.4 is 5.32 Å². The zero-order valence-electron chi connectivity index (χ0n) is 12.7. The second-order valence-corrected chi connectivity index (χ2v) is 9.34. The third-order valence-corrected chi connectivity index (χ3v) is 7.30. The summed E-state index contributed by atoms with van der Waals surface area (Å²) in [4.78, 5) is 15.9. The molecule has 1 aromatic rings. The van der Waals surface area contributed by atoms with Gasteiger partial charge in [-0.3, -0.25) is 9.69 Å². The fourth-order valence-corrected chi connectivity index (χ4v) is 6.08. The molecule has 0 aromatic carbocycles. The van der Waals surface area contributed by atoms with Crippen molar-refractivity contribution in [3.8, 4) is 0 Å². The highest BCUT2D eigenvalue weighted by atomic mass is 32.2. The highest BCUT2D eigenvalue weighted by molar-refractivity contribution is 7.91. The van der Waals surface area contributed by atoms with Gasteiger partial charge in [0.2, 0.25) is 5.91 Å². The average Bonchev–Trinajstić information content (AvgIpc) is 3.04. The topological polar surface area (TPSA) is 66.5 Å². The Hall–Kier alpha value is -0.920. The third-order valence-electron chi connectivity index (χ3n) is 4.54.